The van der Waals surface area contributed by atoms with Gasteiger partial charge in [-0.25, -0.2) is 19.3 Å². The molecule has 4 rings (SSSR count). The van der Waals surface area contributed by atoms with E-state index in [1.54, 1.807) is 37.1 Å². The van der Waals surface area contributed by atoms with Gasteiger partial charge in [-0.2, -0.15) is 0 Å². The highest BCUT2D eigenvalue weighted by Gasteiger charge is 2.20. The number of pyridine rings is 1. The van der Waals surface area contributed by atoms with Crippen molar-refractivity contribution in [2.45, 2.75) is 25.8 Å². The molecule has 0 fully saturated rings. The van der Waals surface area contributed by atoms with Crippen LogP contribution in [0.25, 0.3) is 22.6 Å². The SMILES string of the molecule is CC(CC(=N)Cc1cccnc1)n1cnc(-c2ccc(F)cc2)c1-c1ccncn1. The molecule has 1 atom stereocenters. The average Bonchev–Trinajstić information content (AvgIpc) is 3.21. The van der Waals surface area contributed by atoms with Crippen molar-refractivity contribution in [2.75, 3.05) is 0 Å². The largest absolute Gasteiger partial charge is 0.326 e. The van der Waals surface area contributed by atoms with Crippen LogP contribution in [0.4, 0.5) is 4.39 Å². The van der Waals surface area contributed by atoms with Crippen LogP contribution in [0, 0.1) is 11.2 Å². The molecule has 0 bridgehead atoms. The van der Waals surface area contributed by atoms with E-state index in [1.807, 2.05) is 22.8 Å². The van der Waals surface area contributed by atoms with Crippen molar-refractivity contribution in [3.8, 4) is 22.6 Å². The molecule has 0 amide bonds. The summed E-state index contributed by atoms with van der Waals surface area (Å²) in [4.78, 5) is 17.1. The van der Waals surface area contributed by atoms with Gasteiger partial charge in [0.05, 0.1) is 23.4 Å². The van der Waals surface area contributed by atoms with Gasteiger partial charge in [-0.05, 0) is 48.9 Å². The minimum absolute atomic E-state index is 0.0131. The molecule has 0 saturated carbocycles. The van der Waals surface area contributed by atoms with Crippen LogP contribution in [0.5, 0.6) is 0 Å². The molecule has 0 aliphatic carbocycles. The number of aromatic nitrogens is 5. The summed E-state index contributed by atoms with van der Waals surface area (Å²) in [5, 5.41) is 8.45. The Kier molecular flexibility index (Phi) is 5.70. The Morgan fingerprint density at radius 2 is 1.90 bits per heavy atom. The molecule has 0 aliphatic rings. The molecule has 0 saturated heterocycles. The van der Waals surface area contributed by atoms with Gasteiger partial charge in [0, 0.05) is 48.7 Å². The van der Waals surface area contributed by atoms with Crippen molar-refractivity contribution < 1.29 is 4.39 Å². The summed E-state index contributed by atoms with van der Waals surface area (Å²) in [6.45, 7) is 2.05. The third kappa shape index (κ3) is 4.30. The van der Waals surface area contributed by atoms with E-state index < -0.39 is 0 Å². The van der Waals surface area contributed by atoms with E-state index in [-0.39, 0.29) is 11.9 Å². The van der Waals surface area contributed by atoms with Gasteiger partial charge in [-0.1, -0.05) is 6.07 Å². The van der Waals surface area contributed by atoms with Gasteiger partial charge in [0.15, 0.2) is 0 Å². The minimum atomic E-state index is -0.293. The first-order valence-electron chi connectivity index (χ1n) is 9.66. The Hall–Kier alpha value is -3.74. The van der Waals surface area contributed by atoms with Gasteiger partial charge in [0.1, 0.15) is 12.1 Å². The zero-order valence-electron chi connectivity index (χ0n) is 16.5. The van der Waals surface area contributed by atoms with E-state index in [2.05, 4.69) is 26.9 Å². The molecule has 3 heterocycles. The maximum atomic E-state index is 13.4. The number of imidazole rings is 1. The van der Waals surface area contributed by atoms with Crippen LogP contribution in [0.2, 0.25) is 0 Å². The molecule has 1 unspecified atom stereocenters. The molecular weight excluding hydrogens is 379 g/mol. The van der Waals surface area contributed by atoms with Gasteiger partial charge in [-0.3, -0.25) is 4.98 Å². The highest BCUT2D eigenvalue weighted by molar-refractivity contribution is 5.84. The fraction of sp³-hybridized carbons (Fsp3) is 0.174. The third-order valence-corrected chi connectivity index (χ3v) is 4.89. The molecule has 0 radical (unpaired) electrons. The lowest BCUT2D eigenvalue weighted by atomic mass is 10.0. The normalized spacial score (nSPS) is 11.9. The van der Waals surface area contributed by atoms with Gasteiger partial charge < -0.3 is 9.98 Å². The third-order valence-electron chi connectivity index (χ3n) is 4.89. The van der Waals surface area contributed by atoms with Crippen LogP contribution in [0.3, 0.4) is 0 Å². The Morgan fingerprint density at radius 3 is 2.60 bits per heavy atom. The summed E-state index contributed by atoms with van der Waals surface area (Å²) in [7, 11) is 0. The second-order valence-electron chi connectivity index (χ2n) is 7.15. The fourth-order valence-corrected chi connectivity index (χ4v) is 3.47. The van der Waals surface area contributed by atoms with Crippen molar-refractivity contribution in [1.82, 2.24) is 24.5 Å². The topological polar surface area (TPSA) is 80.3 Å². The summed E-state index contributed by atoms with van der Waals surface area (Å²) in [5.41, 5.74) is 4.71. The highest BCUT2D eigenvalue weighted by Crippen LogP contribution is 2.33. The quantitative estimate of drug-likeness (QED) is 0.454. The summed E-state index contributed by atoms with van der Waals surface area (Å²) < 4.78 is 15.4. The number of nitrogens with zero attached hydrogens (tertiary/aromatic N) is 5. The van der Waals surface area contributed by atoms with E-state index in [4.69, 9.17) is 5.41 Å². The zero-order valence-corrected chi connectivity index (χ0v) is 16.5. The standard InChI is InChI=1S/C23H21FN6/c1-16(11-20(25)12-17-3-2-9-26-13-17)30-15-29-22(18-4-6-19(24)7-5-18)23(30)21-8-10-27-14-28-21/h2-10,13-16,25H,11-12H2,1H3. The summed E-state index contributed by atoms with van der Waals surface area (Å²) in [6.07, 6.45) is 9.58. The summed E-state index contributed by atoms with van der Waals surface area (Å²) in [5.74, 6) is -0.293. The monoisotopic (exact) mass is 400 g/mol. The maximum absolute atomic E-state index is 13.4. The number of rotatable bonds is 7. The Labute approximate surface area is 174 Å². The van der Waals surface area contributed by atoms with Crippen LogP contribution in [0.15, 0.2) is 73.7 Å². The molecule has 1 N–H and O–H groups in total. The molecule has 150 valence electrons. The van der Waals surface area contributed by atoms with Crippen molar-refractivity contribution >= 4 is 5.71 Å². The van der Waals surface area contributed by atoms with Crippen LogP contribution in [0.1, 0.15) is 24.9 Å². The Morgan fingerprint density at radius 1 is 1.07 bits per heavy atom. The lowest BCUT2D eigenvalue weighted by molar-refractivity contribution is 0.568. The second-order valence-corrected chi connectivity index (χ2v) is 7.15. The van der Waals surface area contributed by atoms with Gasteiger partial charge in [-0.15, -0.1) is 0 Å². The zero-order chi connectivity index (χ0) is 20.9. The molecule has 30 heavy (non-hydrogen) atoms. The van der Waals surface area contributed by atoms with E-state index in [1.165, 1.54) is 18.5 Å². The molecule has 0 spiro atoms. The highest BCUT2D eigenvalue weighted by atomic mass is 19.1. The number of halogens is 1. The van der Waals surface area contributed by atoms with Crippen molar-refractivity contribution in [2.24, 2.45) is 0 Å². The summed E-state index contributed by atoms with van der Waals surface area (Å²) >= 11 is 0. The van der Waals surface area contributed by atoms with Crippen LogP contribution < -0.4 is 0 Å². The van der Waals surface area contributed by atoms with Crippen LogP contribution >= 0.6 is 0 Å². The first kappa shape index (κ1) is 19.6. The summed E-state index contributed by atoms with van der Waals surface area (Å²) in [6, 6.07) is 11.9. The molecular formula is C23H21FN6. The Bertz CT molecular complexity index is 1120. The Balaban J connectivity index is 1.65. The lowest BCUT2D eigenvalue weighted by Crippen LogP contribution is -2.13. The van der Waals surface area contributed by atoms with Gasteiger partial charge in [0.25, 0.3) is 0 Å². The molecule has 7 heteroatoms. The number of nitrogens with one attached hydrogen (secondary N) is 1. The second kappa shape index (κ2) is 8.73. The lowest BCUT2D eigenvalue weighted by Gasteiger charge is -2.18. The number of hydrogen-bond donors (Lipinski definition) is 1. The van der Waals surface area contributed by atoms with Gasteiger partial charge in [0.2, 0.25) is 0 Å². The van der Waals surface area contributed by atoms with E-state index in [0.29, 0.717) is 18.6 Å². The van der Waals surface area contributed by atoms with Crippen molar-refractivity contribution in [3.05, 3.63) is 85.1 Å². The number of benzene rings is 1. The smallest absolute Gasteiger partial charge is 0.123 e. The first-order valence-corrected chi connectivity index (χ1v) is 9.66. The molecule has 1 aromatic carbocycles. The molecule has 6 nitrogen and oxygen atoms in total. The van der Waals surface area contributed by atoms with E-state index in [9.17, 15) is 4.39 Å². The minimum Gasteiger partial charge on any atom is -0.326 e. The number of hydrogen-bond acceptors (Lipinski definition) is 5. The molecule has 3 aromatic heterocycles. The van der Waals surface area contributed by atoms with Crippen LogP contribution in [-0.2, 0) is 6.42 Å². The predicted molar refractivity (Wildman–Crippen MR) is 114 cm³/mol. The average molecular weight is 400 g/mol. The van der Waals surface area contributed by atoms with Crippen LogP contribution in [-0.4, -0.2) is 30.2 Å². The van der Waals surface area contributed by atoms with Crippen molar-refractivity contribution in [1.29, 1.82) is 5.41 Å². The predicted octanol–water partition coefficient (Wildman–Crippen LogP) is 4.75. The molecule has 4 aromatic rings. The van der Waals surface area contributed by atoms with E-state index >= 15 is 0 Å². The maximum Gasteiger partial charge on any atom is 0.123 e. The first-order chi connectivity index (χ1) is 14.6. The van der Waals surface area contributed by atoms with E-state index in [0.717, 1.165) is 28.2 Å². The molecule has 0 aliphatic heterocycles. The fourth-order valence-electron chi connectivity index (χ4n) is 3.47. The van der Waals surface area contributed by atoms with Crippen molar-refractivity contribution in [3.63, 3.8) is 0 Å². The van der Waals surface area contributed by atoms with Gasteiger partial charge >= 0.3 is 0 Å².